The molecule has 0 aromatic carbocycles. The third kappa shape index (κ3) is 0.568. The molecule has 0 aromatic rings. The Morgan fingerprint density at radius 2 is 2.38 bits per heavy atom. The van der Waals surface area contributed by atoms with Crippen molar-refractivity contribution in [1.29, 1.82) is 5.41 Å². The lowest BCUT2D eigenvalue weighted by atomic mass is 10.3. The van der Waals surface area contributed by atoms with E-state index in [4.69, 9.17) is 5.41 Å². The van der Waals surface area contributed by atoms with Gasteiger partial charge < -0.3 is 0 Å². The number of hydrogen-bond donors (Lipinski definition) is 1. The van der Waals surface area contributed by atoms with E-state index < -0.39 is 0 Å². The highest BCUT2D eigenvalue weighted by Gasteiger charge is 2.03. The summed E-state index contributed by atoms with van der Waals surface area (Å²) in [6, 6.07) is 0. The summed E-state index contributed by atoms with van der Waals surface area (Å²) < 4.78 is 0. The zero-order valence-electron chi connectivity index (χ0n) is 4.34. The summed E-state index contributed by atoms with van der Waals surface area (Å²) in [5.41, 5.74) is 1.07. The third-order valence-corrected chi connectivity index (χ3v) is 0.801. The molecule has 0 amide bonds. The van der Waals surface area contributed by atoms with Crippen LogP contribution >= 0.6 is 0 Å². The van der Waals surface area contributed by atoms with Crippen LogP contribution in [0.4, 0.5) is 0 Å². The lowest BCUT2D eigenvalue weighted by Gasteiger charge is -1.77. The molecule has 0 bridgehead atoms. The molecule has 1 aliphatic rings. The first-order chi connectivity index (χ1) is 3.84. The van der Waals surface area contributed by atoms with Gasteiger partial charge >= 0.3 is 0 Å². The molecule has 40 valence electrons. The molecular weight excluding hydrogens is 104 g/mol. The molecule has 0 unspecified atom stereocenters. The van der Waals surface area contributed by atoms with Crippen molar-refractivity contribution in [2.75, 3.05) is 0 Å². The van der Waals surface area contributed by atoms with Gasteiger partial charge in [0.2, 0.25) is 0 Å². The average molecular weight is 108 g/mol. The summed E-state index contributed by atoms with van der Waals surface area (Å²) in [5.74, 6) is 2.09. The molecule has 1 heterocycles. The first-order valence-electron chi connectivity index (χ1n) is 2.10. The second-order valence-electron chi connectivity index (χ2n) is 1.35. The van der Waals surface area contributed by atoms with Gasteiger partial charge in [-0.1, -0.05) is 0 Å². The van der Waals surface area contributed by atoms with Crippen molar-refractivity contribution in [3.63, 3.8) is 0 Å². The number of nitrogens with zero attached hydrogens (tertiary/aromatic N) is 3. The molecule has 0 saturated heterocycles. The maximum absolute atomic E-state index is 6.61. The predicted molar refractivity (Wildman–Crippen MR) is 29.2 cm³/mol. The summed E-state index contributed by atoms with van der Waals surface area (Å²) in [4.78, 5) is 0. The van der Waals surface area contributed by atoms with Crippen LogP contribution in [0.3, 0.4) is 0 Å². The predicted octanol–water partition coefficient (Wildman–Crippen LogP) is 0.960. The van der Waals surface area contributed by atoms with Crippen LogP contribution in [0.2, 0.25) is 0 Å². The van der Waals surface area contributed by atoms with Crippen LogP contribution in [0.15, 0.2) is 21.1 Å². The van der Waals surface area contributed by atoms with Crippen molar-refractivity contribution < 1.29 is 0 Å². The van der Waals surface area contributed by atoms with Gasteiger partial charge in [-0.15, -0.1) is 10.2 Å². The Morgan fingerprint density at radius 3 is 2.62 bits per heavy atom. The largest absolute Gasteiger partial charge is 0.257 e. The Labute approximate surface area is 46.1 Å². The number of allylic oxidation sites excluding steroid dienone is 1. The third-order valence-electron chi connectivity index (χ3n) is 0.801. The fourth-order valence-corrected chi connectivity index (χ4v) is 0.369. The minimum absolute atomic E-state index is 0.421. The molecular formula is C4H4N4. The van der Waals surface area contributed by atoms with Crippen LogP contribution < -0.4 is 0 Å². The minimum atomic E-state index is 0.421. The van der Waals surface area contributed by atoms with E-state index in [0.29, 0.717) is 11.4 Å². The van der Waals surface area contributed by atoms with E-state index in [1.807, 2.05) is 0 Å². The van der Waals surface area contributed by atoms with E-state index in [1.165, 1.54) is 0 Å². The molecule has 0 aliphatic carbocycles. The Kier molecular flexibility index (Phi) is 1.02. The van der Waals surface area contributed by atoms with E-state index in [2.05, 4.69) is 21.3 Å². The molecule has 1 rings (SSSR count). The zero-order chi connectivity index (χ0) is 5.98. The molecule has 0 radical (unpaired) electrons. The fraction of sp³-hybridized carbons (Fsp3) is 0.250. The molecule has 0 saturated carbocycles. The first-order valence-corrected chi connectivity index (χ1v) is 2.10. The molecule has 0 aromatic heterocycles. The zero-order valence-corrected chi connectivity index (χ0v) is 4.34. The summed E-state index contributed by atoms with van der Waals surface area (Å²) in [7, 11) is 0. The quantitative estimate of drug-likeness (QED) is 0.449. The van der Waals surface area contributed by atoms with E-state index in [0.717, 1.165) is 0 Å². The number of rotatable bonds is 0. The van der Waals surface area contributed by atoms with Crippen LogP contribution in [0.5, 0.6) is 0 Å². The highest BCUT2D eigenvalue weighted by Crippen LogP contribution is 2.04. The van der Waals surface area contributed by atoms with Crippen LogP contribution in [0, 0.1) is 5.41 Å². The summed E-state index contributed by atoms with van der Waals surface area (Å²) in [6.45, 7) is 1.73. The average Bonchev–Trinajstić information content (AvgIpc) is 2.14. The smallest absolute Gasteiger partial charge is 0.171 e. The number of hydrogen-bond acceptors (Lipinski definition) is 4. The van der Waals surface area contributed by atoms with Crippen molar-refractivity contribution in [1.82, 2.24) is 0 Å². The molecule has 0 fully saturated rings. The minimum Gasteiger partial charge on any atom is -0.257 e. The van der Waals surface area contributed by atoms with E-state index in [9.17, 15) is 0 Å². The van der Waals surface area contributed by atoms with Gasteiger partial charge in [-0.25, -0.2) is 0 Å². The summed E-state index contributed by atoms with van der Waals surface area (Å²) in [5, 5.41) is 16.9. The van der Waals surface area contributed by atoms with Crippen molar-refractivity contribution >= 4 is 11.6 Å². The van der Waals surface area contributed by atoms with Gasteiger partial charge in [-0.05, 0) is 12.1 Å². The molecule has 0 spiro atoms. The molecule has 8 heavy (non-hydrogen) atoms. The summed E-state index contributed by atoms with van der Waals surface area (Å²) in [6.07, 6.45) is 0. The molecule has 1 N–H and O–H groups in total. The second kappa shape index (κ2) is 1.68. The standard InChI is InChI=1S/C4H4N4/c1-3-4(2-5)7-8-6-3/h5H,1H3. The molecule has 4 heteroatoms. The SMILES string of the molecule is CC1=NN=NC1=C=N. The second-order valence-corrected chi connectivity index (χ2v) is 1.35. The van der Waals surface area contributed by atoms with Crippen molar-refractivity contribution in [2.24, 2.45) is 15.4 Å². The van der Waals surface area contributed by atoms with Crippen LogP contribution in [0.1, 0.15) is 6.92 Å². The highest BCUT2D eigenvalue weighted by atomic mass is 15.4. The fourth-order valence-electron chi connectivity index (χ4n) is 0.369. The Bertz CT molecular complexity index is 206. The van der Waals surface area contributed by atoms with Gasteiger partial charge in [0.25, 0.3) is 0 Å². The Hall–Kier alpha value is -1.28. The van der Waals surface area contributed by atoms with Crippen LogP contribution in [-0.4, -0.2) is 11.6 Å². The van der Waals surface area contributed by atoms with Gasteiger partial charge in [0.15, 0.2) is 5.70 Å². The normalized spacial score (nSPS) is 16.1. The first kappa shape index (κ1) is 4.87. The molecule has 0 atom stereocenters. The Balaban J connectivity index is 3.05. The maximum Gasteiger partial charge on any atom is 0.171 e. The van der Waals surface area contributed by atoms with Gasteiger partial charge in [0.05, 0.1) is 5.71 Å². The summed E-state index contributed by atoms with van der Waals surface area (Å²) >= 11 is 0. The van der Waals surface area contributed by atoms with Crippen molar-refractivity contribution in [3.05, 3.63) is 5.70 Å². The van der Waals surface area contributed by atoms with Gasteiger partial charge in [0, 0.05) is 5.87 Å². The van der Waals surface area contributed by atoms with Crippen molar-refractivity contribution in [2.45, 2.75) is 6.92 Å². The van der Waals surface area contributed by atoms with Gasteiger partial charge in [-0.2, -0.15) is 0 Å². The number of nitrogens with one attached hydrogen (secondary N) is 1. The monoisotopic (exact) mass is 108 g/mol. The van der Waals surface area contributed by atoms with E-state index in [1.54, 1.807) is 6.92 Å². The highest BCUT2D eigenvalue weighted by molar-refractivity contribution is 6.05. The van der Waals surface area contributed by atoms with E-state index >= 15 is 0 Å². The Morgan fingerprint density at radius 1 is 1.62 bits per heavy atom. The van der Waals surface area contributed by atoms with E-state index in [-0.39, 0.29) is 0 Å². The van der Waals surface area contributed by atoms with Gasteiger partial charge in [0.1, 0.15) is 0 Å². The van der Waals surface area contributed by atoms with Crippen LogP contribution in [0.25, 0.3) is 0 Å². The maximum atomic E-state index is 6.61. The lowest BCUT2D eigenvalue weighted by molar-refractivity contribution is 1.10. The molecule has 1 aliphatic heterocycles. The topological polar surface area (TPSA) is 60.9 Å². The van der Waals surface area contributed by atoms with Crippen LogP contribution in [-0.2, 0) is 0 Å². The van der Waals surface area contributed by atoms with Gasteiger partial charge in [-0.3, -0.25) is 5.41 Å². The lowest BCUT2D eigenvalue weighted by Crippen LogP contribution is -1.87. The molecule has 4 nitrogen and oxygen atoms in total. The van der Waals surface area contributed by atoms with Crippen molar-refractivity contribution in [3.8, 4) is 0 Å².